The van der Waals surface area contributed by atoms with Gasteiger partial charge in [0, 0.05) is 10.6 Å². The molecular weight excluding hydrogens is 346 g/mol. The van der Waals surface area contributed by atoms with Crippen molar-refractivity contribution in [3.8, 4) is 22.1 Å². The van der Waals surface area contributed by atoms with E-state index in [9.17, 15) is 4.79 Å². The van der Waals surface area contributed by atoms with Gasteiger partial charge in [0.15, 0.2) is 0 Å². The van der Waals surface area contributed by atoms with Gasteiger partial charge in [0.25, 0.3) is 0 Å². The third kappa shape index (κ3) is 1.93. The molecule has 0 aliphatic carbocycles. The Balaban J connectivity index is 1.73. The van der Waals surface area contributed by atoms with Gasteiger partial charge in [-0.25, -0.2) is 4.98 Å². The van der Waals surface area contributed by atoms with Crippen LogP contribution in [0.15, 0.2) is 47.3 Å². The Labute approximate surface area is 145 Å². The second-order valence-corrected chi connectivity index (χ2v) is 6.96. The average Bonchev–Trinajstić information content (AvgIpc) is 3.15. The molecule has 0 spiro atoms. The van der Waals surface area contributed by atoms with Crippen LogP contribution in [0.4, 0.5) is 0 Å². The van der Waals surface area contributed by atoms with Crippen molar-refractivity contribution < 1.29 is 4.74 Å². The first-order valence-corrected chi connectivity index (χ1v) is 8.53. The zero-order chi connectivity index (χ0) is 16.3. The summed E-state index contributed by atoms with van der Waals surface area (Å²) in [5, 5.41) is 4.35. The number of hydrogen-bond acceptors (Lipinski definition) is 4. The molecule has 5 nitrogen and oxygen atoms in total. The Morgan fingerprint density at radius 3 is 3.04 bits per heavy atom. The molecule has 0 fully saturated rings. The van der Waals surface area contributed by atoms with E-state index in [0.29, 0.717) is 28.2 Å². The van der Waals surface area contributed by atoms with Crippen LogP contribution in [0.3, 0.4) is 0 Å². The number of benzene rings is 2. The van der Waals surface area contributed by atoms with Crippen molar-refractivity contribution in [2.24, 2.45) is 0 Å². The van der Waals surface area contributed by atoms with Gasteiger partial charge in [-0.05, 0) is 23.8 Å². The van der Waals surface area contributed by atoms with Crippen LogP contribution in [0.5, 0.6) is 5.75 Å². The third-order valence-corrected chi connectivity index (χ3v) is 5.28. The Kier molecular flexibility index (Phi) is 2.86. The van der Waals surface area contributed by atoms with Crippen molar-refractivity contribution in [3.05, 3.63) is 63.4 Å². The van der Waals surface area contributed by atoms with Crippen LogP contribution in [-0.2, 0) is 6.61 Å². The van der Waals surface area contributed by atoms with Crippen molar-refractivity contribution in [2.45, 2.75) is 6.61 Å². The van der Waals surface area contributed by atoms with Gasteiger partial charge in [-0.2, -0.15) is 4.68 Å². The van der Waals surface area contributed by atoms with Gasteiger partial charge < -0.3 is 4.74 Å². The van der Waals surface area contributed by atoms with Crippen LogP contribution in [0.25, 0.3) is 26.6 Å². The number of aromatic nitrogens is 3. The second-order valence-electron chi connectivity index (χ2n) is 5.51. The lowest BCUT2D eigenvalue weighted by Gasteiger charge is -2.15. The van der Waals surface area contributed by atoms with Gasteiger partial charge in [-0.15, -0.1) is 0 Å². The Hall–Kier alpha value is -2.57. The Bertz CT molecular complexity index is 1160. The normalized spacial score (nSPS) is 12.7. The summed E-state index contributed by atoms with van der Waals surface area (Å²) >= 11 is 7.43. The summed E-state index contributed by atoms with van der Waals surface area (Å²) in [6.07, 6.45) is 0. The van der Waals surface area contributed by atoms with Crippen molar-refractivity contribution in [1.29, 1.82) is 0 Å². The van der Waals surface area contributed by atoms with Crippen LogP contribution in [0, 0.1) is 0 Å². The fourth-order valence-corrected chi connectivity index (χ4v) is 4.10. The molecule has 1 aliphatic heterocycles. The summed E-state index contributed by atoms with van der Waals surface area (Å²) in [5.74, 6) is 0.339. The Morgan fingerprint density at radius 2 is 2.12 bits per heavy atom. The maximum Gasteiger partial charge on any atom is 0.316 e. The monoisotopic (exact) mass is 355 g/mol. The fourth-order valence-electron chi connectivity index (χ4n) is 2.89. The Morgan fingerprint density at radius 1 is 1.25 bits per heavy atom. The number of nitrogens with zero attached hydrogens (tertiary/aromatic N) is 2. The van der Waals surface area contributed by atoms with Gasteiger partial charge in [0.05, 0.1) is 10.2 Å². The van der Waals surface area contributed by atoms with Crippen LogP contribution in [-0.4, -0.2) is 14.8 Å². The van der Waals surface area contributed by atoms with Crippen molar-refractivity contribution in [1.82, 2.24) is 14.8 Å². The predicted molar refractivity (Wildman–Crippen MR) is 94.3 cm³/mol. The number of nitrogens with one attached hydrogen (secondary N) is 1. The van der Waals surface area contributed by atoms with Crippen molar-refractivity contribution in [3.63, 3.8) is 0 Å². The van der Waals surface area contributed by atoms with Gasteiger partial charge in [0.1, 0.15) is 12.3 Å². The van der Waals surface area contributed by atoms with E-state index in [4.69, 9.17) is 16.3 Å². The summed E-state index contributed by atoms with van der Waals surface area (Å²) in [5.41, 5.74) is 3.30. The lowest BCUT2D eigenvalue weighted by Crippen LogP contribution is -2.16. The molecule has 0 saturated heterocycles. The molecule has 118 valence electrons. The highest BCUT2D eigenvalue weighted by Crippen LogP contribution is 2.35. The summed E-state index contributed by atoms with van der Waals surface area (Å²) in [4.78, 5) is 17.2. The van der Waals surface area contributed by atoms with Crippen LogP contribution in [0.1, 0.15) is 5.56 Å². The third-order valence-electron chi connectivity index (χ3n) is 4.04. The molecule has 5 rings (SSSR count). The molecule has 0 radical (unpaired) electrons. The zero-order valence-electron chi connectivity index (χ0n) is 12.2. The van der Waals surface area contributed by atoms with E-state index in [1.165, 1.54) is 16.0 Å². The van der Waals surface area contributed by atoms with Gasteiger partial charge >= 0.3 is 5.56 Å². The molecule has 3 heterocycles. The highest BCUT2D eigenvalue weighted by Gasteiger charge is 2.25. The van der Waals surface area contributed by atoms with Gasteiger partial charge in [-0.1, -0.05) is 47.2 Å². The molecular formula is C17H10ClN3O2S. The zero-order valence-corrected chi connectivity index (χ0v) is 13.8. The standard InChI is InChI=1S/C17H10ClN3O2S/c18-10-5-6-12-13(7-10)24-17(19-12)21-16(22)15-14(20-21)11-4-2-1-3-9(11)8-23-15/h1-7,20H,8H2. The molecule has 0 unspecified atom stereocenters. The van der Waals surface area contributed by atoms with Crippen molar-refractivity contribution >= 4 is 33.2 Å². The van der Waals surface area contributed by atoms with E-state index in [2.05, 4.69) is 10.1 Å². The van der Waals surface area contributed by atoms with E-state index >= 15 is 0 Å². The number of ether oxygens (including phenoxy) is 1. The molecule has 0 saturated carbocycles. The van der Waals surface area contributed by atoms with E-state index in [1.54, 1.807) is 6.07 Å². The van der Waals surface area contributed by atoms with Gasteiger partial charge in [-0.3, -0.25) is 9.89 Å². The average molecular weight is 356 g/mol. The molecule has 7 heteroatoms. The SMILES string of the molecule is O=c1c2c([nH]n1-c1nc3ccc(Cl)cc3s1)-c1ccccc1CO2. The quantitative estimate of drug-likeness (QED) is 0.561. The van der Waals surface area contributed by atoms with E-state index in [-0.39, 0.29) is 5.56 Å². The number of halogens is 1. The van der Waals surface area contributed by atoms with E-state index < -0.39 is 0 Å². The van der Waals surface area contributed by atoms with E-state index in [0.717, 1.165) is 21.3 Å². The van der Waals surface area contributed by atoms with Gasteiger partial charge in [0.2, 0.25) is 10.9 Å². The second kappa shape index (κ2) is 4.96. The number of rotatable bonds is 1. The largest absolute Gasteiger partial charge is 0.481 e. The first-order valence-electron chi connectivity index (χ1n) is 7.33. The number of aromatic amines is 1. The fraction of sp³-hybridized carbons (Fsp3) is 0.0588. The maximum absolute atomic E-state index is 12.7. The lowest BCUT2D eigenvalue weighted by atomic mass is 10.0. The summed E-state index contributed by atoms with van der Waals surface area (Å²) in [6, 6.07) is 13.4. The highest BCUT2D eigenvalue weighted by atomic mass is 35.5. The summed E-state index contributed by atoms with van der Waals surface area (Å²) < 4.78 is 8.03. The molecule has 24 heavy (non-hydrogen) atoms. The number of thiazole rings is 1. The molecule has 2 aromatic carbocycles. The topological polar surface area (TPSA) is 59.9 Å². The first kappa shape index (κ1) is 13.8. The number of hydrogen-bond donors (Lipinski definition) is 1. The molecule has 0 amide bonds. The molecule has 2 aromatic heterocycles. The minimum absolute atomic E-state index is 0.232. The first-order chi connectivity index (χ1) is 11.7. The van der Waals surface area contributed by atoms with Crippen LogP contribution in [0.2, 0.25) is 5.02 Å². The smallest absolute Gasteiger partial charge is 0.316 e. The number of H-pyrrole nitrogens is 1. The number of fused-ring (bicyclic) bond motifs is 4. The molecule has 4 aromatic rings. The van der Waals surface area contributed by atoms with Crippen molar-refractivity contribution in [2.75, 3.05) is 0 Å². The molecule has 1 N–H and O–H groups in total. The van der Waals surface area contributed by atoms with Crippen LogP contribution < -0.4 is 10.3 Å². The maximum atomic E-state index is 12.7. The van der Waals surface area contributed by atoms with Crippen LogP contribution >= 0.6 is 22.9 Å². The minimum atomic E-state index is -0.232. The molecule has 0 bridgehead atoms. The summed E-state index contributed by atoms with van der Waals surface area (Å²) in [6.45, 7) is 0.395. The molecule has 0 atom stereocenters. The lowest BCUT2D eigenvalue weighted by molar-refractivity contribution is 0.299. The highest BCUT2D eigenvalue weighted by molar-refractivity contribution is 7.20. The molecule has 1 aliphatic rings. The minimum Gasteiger partial charge on any atom is -0.481 e. The summed E-state index contributed by atoms with van der Waals surface area (Å²) in [7, 11) is 0. The van der Waals surface area contributed by atoms with E-state index in [1.807, 2.05) is 36.4 Å². The predicted octanol–water partition coefficient (Wildman–Crippen LogP) is 3.99.